The van der Waals surface area contributed by atoms with Gasteiger partial charge in [0.05, 0.1) is 6.10 Å². The monoisotopic (exact) mass is 408 g/mol. The maximum absolute atomic E-state index is 10.3. The second kappa shape index (κ2) is 8.12. The first kappa shape index (κ1) is 22.1. The van der Waals surface area contributed by atoms with Gasteiger partial charge in [-0.3, -0.25) is 0 Å². The van der Waals surface area contributed by atoms with Crippen LogP contribution in [-0.4, -0.2) is 11.2 Å². The number of aliphatic hydroxyl groups excluding tert-OH is 1. The Bertz CT molecular complexity index is 767. The number of hydrogen-bond donors (Lipinski definition) is 1. The fourth-order valence-corrected chi connectivity index (χ4v) is 7.31. The van der Waals surface area contributed by atoms with E-state index in [0.717, 1.165) is 42.6 Å². The van der Waals surface area contributed by atoms with Crippen LogP contribution in [0, 0.1) is 40.4 Å². The van der Waals surface area contributed by atoms with Crippen molar-refractivity contribution >= 4 is 0 Å². The molecule has 0 aromatic carbocycles. The second-order valence-electron chi connectivity index (χ2n) is 11.7. The van der Waals surface area contributed by atoms with Gasteiger partial charge < -0.3 is 5.11 Å². The van der Waals surface area contributed by atoms with Gasteiger partial charge in [0.25, 0.3) is 0 Å². The number of allylic oxidation sites excluding steroid dienone is 5. The fourth-order valence-electron chi connectivity index (χ4n) is 7.31. The van der Waals surface area contributed by atoms with E-state index < -0.39 is 0 Å². The molecule has 4 rings (SSSR count). The van der Waals surface area contributed by atoms with Gasteiger partial charge in [0.1, 0.15) is 0 Å². The molecular weight excluding hydrogens is 364 g/mol. The zero-order valence-corrected chi connectivity index (χ0v) is 20.1. The smallest absolute Gasteiger partial charge is 0.0793 e. The standard InChI is InChI=1S/C29H44O/c1-19(2)20(3)9-10-21(4)25-11-12-26-23(8-7-15-28(25,26)6)13-16-29-17-14-24(29)18-27(30)22(29)5/h9-10,13-14,19-21,25-27,30H,5,7-8,11-12,15-18H2,1-4,6H3. The first-order valence-electron chi connectivity index (χ1n) is 12.6. The summed E-state index contributed by atoms with van der Waals surface area (Å²) >= 11 is 0. The van der Waals surface area contributed by atoms with E-state index in [1.165, 1.54) is 37.7 Å². The lowest BCUT2D eigenvalue weighted by atomic mass is 9.60. The molecule has 7 atom stereocenters. The summed E-state index contributed by atoms with van der Waals surface area (Å²) < 4.78 is 0. The number of aliphatic hydroxyl groups is 1. The van der Waals surface area contributed by atoms with Crippen LogP contribution in [0.2, 0.25) is 0 Å². The number of fused-ring (bicyclic) bond motifs is 2. The molecular formula is C29H44O. The molecule has 3 saturated carbocycles. The van der Waals surface area contributed by atoms with Gasteiger partial charge in [-0.05, 0) is 91.9 Å². The van der Waals surface area contributed by atoms with Crippen LogP contribution in [0.5, 0.6) is 0 Å². The Labute approximate surface area is 185 Å². The highest BCUT2D eigenvalue weighted by Crippen LogP contribution is 2.61. The molecule has 0 spiro atoms. The minimum Gasteiger partial charge on any atom is -0.388 e. The van der Waals surface area contributed by atoms with E-state index in [1.54, 1.807) is 5.57 Å². The van der Waals surface area contributed by atoms with Crippen molar-refractivity contribution in [2.24, 2.45) is 40.4 Å². The molecule has 30 heavy (non-hydrogen) atoms. The summed E-state index contributed by atoms with van der Waals surface area (Å²) in [7, 11) is 0. The summed E-state index contributed by atoms with van der Waals surface area (Å²) in [5.74, 6) is 3.63. The lowest BCUT2D eigenvalue weighted by Crippen LogP contribution is -2.36. The topological polar surface area (TPSA) is 20.2 Å². The van der Waals surface area contributed by atoms with Crippen molar-refractivity contribution in [1.29, 1.82) is 0 Å². The Morgan fingerprint density at radius 2 is 1.97 bits per heavy atom. The van der Waals surface area contributed by atoms with Crippen LogP contribution in [0.25, 0.3) is 0 Å². The molecule has 0 amide bonds. The molecule has 1 nitrogen and oxygen atoms in total. The Morgan fingerprint density at radius 3 is 2.60 bits per heavy atom. The number of hydrogen-bond acceptors (Lipinski definition) is 1. The van der Waals surface area contributed by atoms with Crippen molar-refractivity contribution < 1.29 is 5.11 Å². The molecule has 3 fully saturated rings. The van der Waals surface area contributed by atoms with Crippen LogP contribution in [-0.2, 0) is 0 Å². The van der Waals surface area contributed by atoms with E-state index in [9.17, 15) is 5.11 Å². The van der Waals surface area contributed by atoms with Crippen LogP contribution in [0.3, 0.4) is 0 Å². The predicted molar refractivity (Wildman–Crippen MR) is 128 cm³/mol. The molecule has 0 heterocycles. The first-order chi connectivity index (χ1) is 14.2. The summed E-state index contributed by atoms with van der Waals surface area (Å²) in [5, 5.41) is 10.3. The molecule has 4 aliphatic rings. The van der Waals surface area contributed by atoms with E-state index in [4.69, 9.17) is 0 Å². The SMILES string of the molecule is C=C1C(O)CC2=CCC12CC=C1CCCC2(C)C1CCC2C(C)C=CC(C)C(C)C. The Kier molecular flexibility index (Phi) is 5.99. The van der Waals surface area contributed by atoms with Crippen LogP contribution in [0.15, 0.2) is 47.6 Å². The van der Waals surface area contributed by atoms with E-state index in [2.05, 4.69) is 65.5 Å². The molecule has 0 radical (unpaired) electrons. The minimum absolute atomic E-state index is 0.0985. The van der Waals surface area contributed by atoms with Crippen LogP contribution in [0.4, 0.5) is 0 Å². The molecule has 1 N–H and O–H groups in total. The molecule has 0 saturated heterocycles. The number of rotatable bonds is 6. The zero-order chi connectivity index (χ0) is 21.7. The maximum Gasteiger partial charge on any atom is 0.0793 e. The van der Waals surface area contributed by atoms with Crippen molar-refractivity contribution in [3.05, 3.63) is 47.6 Å². The molecule has 4 aliphatic carbocycles. The van der Waals surface area contributed by atoms with Crippen LogP contribution >= 0.6 is 0 Å². The van der Waals surface area contributed by atoms with Gasteiger partial charge in [-0.25, -0.2) is 0 Å². The summed E-state index contributed by atoms with van der Waals surface area (Å²) in [5.41, 5.74) is 4.82. The summed E-state index contributed by atoms with van der Waals surface area (Å²) in [4.78, 5) is 0. The molecule has 0 bridgehead atoms. The predicted octanol–water partition coefficient (Wildman–Crippen LogP) is 7.64. The van der Waals surface area contributed by atoms with E-state index in [-0.39, 0.29) is 11.5 Å². The quantitative estimate of drug-likeness (QED) is 0.448. The van der Waals surface area contributed by atoms with E-state index in [0.29, 0.717) is 17.3 Å². The van der Waals surface area contributed by atoms with Gasteiger partial charge >= 0.3 is 0 Å². The van der Waals surface area contributed by atoms with Gasteiger partial charge in [-0.2, -0.15) is 0 Å². The molecule has 0 aromatic heterocycles. The van der Waals surface area contributed by atoms with Crippen molar-refractivity contribution in [2.45, 2.75) is 92.1 Å². The van der Waals surface area contributed by atoms with Gasteiger partial charge in [0.15, 0.2) is 0 Å². The highest BCUT2D eigenvalue weighted by Gasteiger charge is 2.52. The molecule has 166 valence electrons. The second-order valence-corrected chi connectivity index (χ2v) is 11.7. The van der Waals surface area contributed by atoms with Gasteiger partial charge in [-0.15, -0.1) is 0 Å². The molecule has 1 heteroatoms. The van der Waals surface area contributed by atoms with Gasteiger partial charge in [0, 0.05) is 5.41 Å². The lowest BCUT2D eigenvalue weighted by molar-refractivity contribution is 0.111. The third-order valence-electron chi connectivity index (χ3n) is 9.90. The first-order valence-corrected chi connectivity index (χ1v) is 12.6. The molecule has 0 aromatic rings. The zero-order valence-electron chi connectivity index (χ0n) is 20.1. The van der Waals surface area contributed by atoms with Crippen molar-refractivity contribution in [2.75, 3.05) is 0 Å². The Balaban J connectivity index is 1.48. The summed E-state index contributed by atoms with van der Waals surface area (Å²) in [6.07, 6.45) is 19.4. The maximum atomic E-state index is 10.3. The average molecular weight is 409 g/mol. The Morgan fingerprint density at radius 1 is 1.20 bits per heavy atom. The fraction of sp³-hybridized carbons (Fsp3) is 0.724. The van der Waals surface area contributed by atoms with Crippen LogP contribution < -0.4 is 0 Å². The largest absolute Gasteiger partial charge is 0.388 e. The highest BCUT2D eigenvalue weighted by atomic mass is 16.3. The molecule has 0 aliphatic heterocycles. The normalized spacial score (nSPS) is 41.7. The van der Waals surface area contributed by atoms with Gasteiger partial charge in [-0.1, -0.05) is 76.6 Å². The highest BCUT2D eigenvalue weighted by molar-refractivity contribution is 5.46. The third kappa shape index (κ3) is 3.50. The van der Waals surface area contributed by atoms with Crippen LogP contribution in [0.1, 0.15) is 86.0 Å². The lowest BCUT2D eigenvalue weighted by Gasteiger charge is -2.45. The van der Waals surface area contributed by atoms with Crippen molar-refractivity contribution in [3.63, 3.8) is 0 Å². The Hall–Kier alpha value is -1.08. The molecule has 7 unspecified atom stereocenters. The van der Waals surface area contributed by atoms with E-state index >= 15 is 0 Å². The van der Waals surface area contributed by atoms with Crippen molar-refractivity contribution in [3.8, 4) is 0 Å². The summed E-state index contributed by atoms with van der Waals surface area (Å²) in [6, 6.07) is 0. The van der Waals surface area contributed by atoms with Gasteiger partial charge in [0.2, 0.25) is 0 Å². The van der Waals surface area contributed by atoms with E-state index in [1.807, 2.05) is 0 Å². The minimum atomic E-state index is -0.314. The third-order valence-corrected chi connectivity index (χ3v) is 9.90. The van der Waals surface area contributed by atoms with Crippen molar-refractivity contribution in [1.82, 2.24) is 0 Å². The average Bonchev–Trinajstić information content (AvgIpc) is 3.13. The summed E-state index contributed by atoms with van der Waals surface area (Å²) in [6.45, 7) is 16.4.